The van der Waals surface area contributed by atoms with E-state index in [9.17, 15) is 4.79 Å². The molecule has 0 spiro atoms. The van der Waals surface area contributed by atoms with Crippen molar-refractivity contribution in [2.45, 2.75) is 36.2 Å². The Morgan fingerprint density at radius 1 is 1.28 bits per heavy atom. The third-order valence-electron chi connectivity index (χ3n) is 4.16. The van der Waals surface area contributed by atoms with E-state index in [1.165, 1.54) is 28.5 Å². The quantitative estimate of drug-likeness (QED) is 0.561. The first-order valence-electron chi connectivity index (χ1n) is 9.06. The number of thioether (sulfide) groups is 1. The summed E-state index contributed by atoms with van der Waals surface area (Å²) in [6, 6.07) is 11.0. The average Bonchev–Trinajstić information content (AvgIpc) is 3.32. The molecule has 2 aliphatic rings. The summed E-state index contributed by atoms with van der Waals surface area (Å²) in [5, 5.41) is 16.9. The van der Waals surface area contributed by atoms with Gasteiger partial charge in [0.1, 0.15) is 10.8 Å². The molecule has 1 aromatic heterocycles. The predicted molar refractivity (Wildman–Crippen MR) is 119 cm³/mol. The van der Waals surface area contributed by atoms with Crippen LogP contribution in [0.1, 0.15) is 31.9 Å². The van der Waals surface area contributed by atoms with E-state index >= 15 is 0 Å². The van der Waals surface area contributed by atoms with Gasteiger partial charge in [-0.1, -0.05) is 36.7 Å². The number of amidine groups is 2. The van der Waals surface area contributed by atoms with Crippen molar-refractivity contribution in [2.24, 2.45) is 10.1 Å². The maximum atomic E-state index is 12.5. The molecule has 4 rings (SSSR count). The molecule has 0 radical (unpaired) electrons. The summed E-state index contributed by atoms with van der Waals surface area (Å²) in [6.45, 7) is 2.11. The first-order valence-corrected chi connectivity index (χ1v) is 11.1. The van der Waals surface area contributed by atoms with E-state index in [2.05, 4.69) is 17.0 Å². The van der Waals surface area contributed by atoms with E-state index in [1.807, 2.05) is 30.3 Å². The third-order valence-corrected chi connectivity index (χ3v) is 6.31. The number of nitrogens with one attached hydrogen (secondary N) is 1. The second kappa shape index (κ2) is 8.61. The van der Waals surface area contributed by atoms with Crippen molar-refractivity contribution >= 4 is 63.2 Å². The van der Waals surface area contributed by atoms with Crippen LogP contribution in [-0.2, 0) is 4.79 Å². The summed E-state index contributed by atoms with van der Waals surface area (Å²) in [4.78, 5) is 17.5. The van der Waals surface area contributed by atoms with Gasteiger partial charge in [-0.3, -0.25) is 10.2 Å². The molecule has 148 valence electrons. The van der Waals surface area contributed by atoms with E-state index in [1.54, 1.807) is 12.1 Å². The van der Waals surface area contributed by atoms with Crippen LogP contribution in [0.25, 0.3) is 6.08 Å². The second-order valence-corrected chi connectivity index (χ2v) is 8.88. The molecule has 2 aliphatic heterocycles. The third kappa shape index (κ3) is 4.49. The number of unbranched alkanes of at least 4 members (excludes halogenated alkanes) is 1. The van der Waals surface area contributed by atoms with Gasteiger partial charge >= 0.3 is 0 Å². The monoisotopic (exact) mass is 444 g/mol. The molecule has 0 saturated heterocycles. The number of rotatable bonds is 6. The maximum absolute atomic E-state index is 12.5. The molecular weight excluding hydrogens is 428 g/mol. The van der Waals surface area contributed by atoms with Crippen LogP contribution in [0, 0.1) is 5.41 Å². The lowest BCUT2D eigenvalue weighted by atomic mass is 10.1. The van der Waals surface area contributed by atoms with Crippen LogP contribution in [-0.4, -0.2) is 27.0 Å². The molecule has 0 bridgehead atoms. The molecule has 0 unspecified atom stereocenters. The Balaban J connectivity index is 1.52. The minimum Gasteiger partial charge on any atom is -0.450 e. The van der Waals surface area contributed by atoms with Gasteiger partial charge in [-0.05, 0) is 67.1 Å². The lowest BCUT2D eigenvalue weighted by Crippen LogP contribution is -2.35. The number of halogens is 1. The molecular formula is C20H17ClN4O2S2. The lowest BCUT2D eigenvalue weighted by Gasteiger charge is -2.19. The van der Waals surface area contributed by atoms with Crippen molar-refractivity contribution < 1.29 is 9.21 Å². The Morgan fingerprint density at radius 2 is 2.07 bits per heavy atom. The second-order valence-electron chi connectivity index (χ2n) is 6.33. The van der Waals surface area contributed by atoms with Crippen LogP contribution in [0.15, 0.2) is 66.5 Å². The van der Waals surface area contributed by atoms with Gasteiger partial charge in [0, 0.05) is 9.92 Å². The average molecular weight is 445 g/mol. The Labute approximate surface area is 181 Å². The summed E-state index contributed by atoms with van der Waals surface area (Å²) in [5.74, 6) is 0.0431. The number of benzene rings is 1. The molecule has 29 heavy (non-hydrogen) atoms. The number of carbonyl (C=O) groups excluding carboxylic acids is 1. The number of carbonyl (C=O) groups is 1. The van der Waals surface area contributed by atoms with E-state index in [0.717, 1.165) is 29.2 Å². The largest absolute Gasteiger partial charge is 0.450 e. The van der Waals surface area contributed by atoms with Crippen molar-refractivity contribution in [1.29, 1.82) is 5.41 Å². The number of hydrogen-bond donors (Lipinski definition) is 1. The van der Waals surface area contributed by atoms with Crippen molar-refractivity contribution in [3.05, 3.63) is 52.8 Å². The van der Waals surface area contributed by atoms with E-state index in [0.29, 0.717) is 21.0 Å². The molecule has 9 heteroatoms. The van der Waals surface area contributed by atoms with Crippen LogP contribution in [0.3, 0.4) is 0 Å². The number of fused-ring (bicyclic) bond motifs is 1. The summed E-state index contributed by atoms with van der Waals surface area (Å²) < 4.78 is 5.80. The number of furan rings is 1. The molecule has 2 aromatic rings. The molecule has 0 aliphatic carbocycles. The van der Waals surface area contributed by atoms with Crippen LogP contribution >= 0.6 is 35.1 Å². The summed E-state index contributed by atoms with van der Waals surface area (Å²) >= 11 is 8.71. The summed E-state index contributed by atoms with van der Waals surface area (Å²) in [6.07, 6.45) is 4.43. The van der Waals surface area contributed by atoms with Gasteiger partial charge in [-0.25, -0.2) is 0 Å². The van der Waals surface area contributed by atoms with Crippen LogP contribution in [0.2, 0.25) is 5.02 Å². The zero-order chi connectivity index (χ0) is 20.4. The highest BCUT2D eigenvalue weighted by Gasteiger charge is 2.35. The molecule has 0 atom stereocenters. The summed E-state index contributed by atoms with van der Waals surface area (Å²) in [7, 11) is 0. The fourth-order valence-electron chi connectivity index (χ4n) is 2.69. The molecule has 0 saturated carbocycles. The normalized spacial score (nSPS) is 17.6. The fraction of sp³-hybridized carbons (Fsp3) is 0.200. The number of nitrogens with zero attached hydrogens (tertiary/aromatic N) is 3. The highest BCUT2D eigenvalue weighted by Crippen LogP contribution is 2.32. The number of hydrazone groups is 1. The van der Waals surface area contributed by atoms with Crippen molar-refractivity contribution in [1.82, 2.24) is 5.01 Å². The van der Waals surface area contributed by atoms with E-state index < -0.39 is 5.91 Å². The van der Waals surface area contributed by atoms with Gasteiger partial charge in [-0.2, -0.15) is 15.1 Å². The maximum Gasteiger partial charge on any atom is 0.283 e. The first kappa shape index (κ1) is 20.0. The fourth-order valence-corrected chi connectivity index (χ4v) is 4.52. The van der Waals surface area contributed by atoms with Crippen molar-refractivity contribution in [3.63, 3.8) is 0 Å². The van der Waals surface area contributed by atoms with Crippen LogP contribution in [0.5, 0.6) is 0 Å². The molecule has 1 amide bonds. The van der Waals surface area contributed by atoms with Gasteiger partial charge in [0.25, 0.3) is 5.91 Å². The minimum absolute atomic E-state index is 0.0160. The van der Waals surface area contributed by atoms with Gasteiger partial charge < -0.3 is 4.42 Å². The van der Waals surface area contributed by atoms with Crippen LogP contribution in [0.4, 0.5) is 0 Å². The minimum atomic E-state index is -0.455. The number of hydrogen-bond acceptors (Lipinski definition) is 6. The molecule has 3 heterocycles. The van der Waals surface area contributed by atoms with Crippen molar-refractivity contribution in [2.75, 3.05) is 0 Å². The summed E-state index contributed by atoms with van der Waals surface area (Å²) in [5.41, 5.74) is 0.159. The van der Waals surface area contributed by atoms with Crippen LogP contribution < -0.4 is 0 Å². The van der Waals surface area contributed by atoms with Gasteiger partial charge in [0.15, 0.2) is 10.9 Å². The highest BCUT2D eigenvalue weighted by atomic mass is 35.5. The number of aliphatic imine (C=N–C) groups is 1. The smallest absolute Gasteiger partial charge is 0.283 e. The van der Waals surface area contributed by atoms with Gasteiger partial charge in [0.05, 0.1) is 5.57 Å². The Hall–Kier alpha value is -2.29. The molecule has 1 N–H and O–H groups in total. The molecule has 0 fully saturated rings. The highest BCUT2D eigenvalue weighted by molar-refractivity contribution is 8.26. The SMILES string of the molecule is CCCCC1=NN2C(=N)C(=Cc3ccc(Sc4ccc(Cl)cc4)o3)C(=O)N=C2S1. The Morgan fingerprint density at radius 3 is 2.83 bits per heavy atom. The topological polar surface area (TPSA) is 82.0 Å². The zero-order valence-corrected chi connectivity index (χ0v) is 17.9. The molecule has 1 aromatic carbocycles. The Kier molecular flexibility index (Phi) is 5.94. The van der Waals surface area contributed by atoms with E-state index in [-0.39, 0.29) is 11.4 Å². The number of amides is 1. The van der Waals surface area contributed by atoms with E-state index in [4.69, 9.17) is 21.4 Å². The van der Waals surface area contributed by atoms with Gasteiger partial charge in [-0.15, -0.1) is 0 Å². The lowest BCUT2D eigenvalue weighted by molar-refractivity contribution is -0.114. The Bertz CT molecular complexity index is 1060. The first-order chi connectivity index (χ1) is 14.0. The predicted octanol–water partition coefficient (Wildman–Crippen LogP) is 5.89. The van der Waals surface area contributed by atoms with Gasteiger partial charge in [0.2, 0.25) is 5.17 Å². The molecule has 6 nitrogen and oxygen atoms in total. The zero-order valence-electron chi connectivity index (χ0n) is 15.5. The standard InChI is InChI=1S/C20H17ClN4O2S2/c1-2-3-4-16-24-25-18(22)15(19(26)23-20(25)29-16)11-13-7-10-17(27-13)28-14-8-5-12(21)6-9-14/h5-11,22H,2-4H2,1H3. The van der Waals surface area contributed by atoms with Crippen molar-refractivity contribution in [3.8, 4) is 0 Å².